The predicted octanol–water partition coefficient (Wildman–Crippen LogP) is 2.64. The van der Waals surface area contributed by atoms with E-state index in [1.807, 2.05) is 13.0 Å². The molecule has 5 nitrogen and oxygen atoms in total. The van der Waals surface area contributed by atoms with Crippen LogP contribution in [0.2, 0.25) is 5.02 Å². The van der Waals surface area contributed by atoms with Crippen LogP contribution in [0, 0.1) is 6.92 Å². The number of aryl methyl sites for hydroxylation is 1. The van der Waals surface area contributed by atoms with Crippen molar-refractivity contribution < 1.29 is 9.53 Å². The van der Waals surface area contributed by atoms with E-state index in [-0.39, 0.29) is 17.6 Å². The second kappa shape index (κ2) is 6.69. The van der Waals surface area contributed by atoms with Gasteiger partial charge in [0.15, 0.2) is 0 Å². The van der Waals surface area contributed by atoms with Gasteiger partial charge in [-0.25, -0.2) is 0 Å². The van der Waals surface area contributed by atoms with E-state index in [1.54, 1.807) is 40.8 Å². The number of ether oxygens (including phenoxy) is 1. The summed E-state index contributed by atoms with van der Waals surface area (Å²) in [6.07, 6.45) is 0.640. The zero-order chi connectivity index (χ0) is 17.3. The molecule has 126 valence electrons. The predicted molar refractivity (Wildman–Crippen MR) is 92.8 cm³/mol. The molecule has 24 heavy (non-hydrogen) atoms. The van der Waals surface area contributed by atoms with Gasteiger partial charge in [-0.05, 0) is 37.3 Å². The Balaban J connectivity index is 1.66. The largest absolute Gasteiger partial charge is 0.488 e. The molecule has 2 aromatic rings. The smallest absolute Gasteiger partial charge is 0.254 e. The molecule has 1 atom stereocenters. The molecule has 0 N–H and O–H groups in total. The van der Waals surface area contributed by atoms with Gasteiger partial charge in [0.25, 0.3) is 11.5 Å². The number of nitrogens with zero attached hydrogens (tertiary/aromatic N) is 2. The highest BCUT2D eigenvalue weighted by Crippen LogP contribution is 2.20. The third-order valence-corrected chi connectivity index (χ3v) is 4.55. The first-order chi connectivity index (χ1) is 11.4. The first kappa shape index (κ1) is 16.6. The third-order valence-electron chi connectivity index (χ3n) is 4.30. The van der Waals surface area contributed by atoms with Crippen LogP contribution in [0.5, 0.6) is 5.75 Å². The summed E-state index contributed by atoms with van der Waals surface area (Å²) in [6, 6.07) is 10.2. The van der Waals surface area contributed by atoms with E-state index in [2.05, 4.69) is 0 Å². The van der Waals surface area contributed by atoms with Gasteiger partial charge in [-0.2, -0.15) is 0 Å². The molecule has 2 heterocycles. The van der Waals surface area contributed by atoms with Crippen molar-refractivity contribution in [2.45, 2.75) is 19.4 Å². The SMILES string of the molecule is Cc1cc(OC2CCN(C(=O)c3ccc(Cl)cc3)C2)cc(=O)n1C. The van der Waals surface area contributed by atoms with E-state index in [9.17, 15) is 9.59 Å². The molecule has 6 heteroatoms. The second-order valence-electron chi connectivity index (χ2n) is 6.02. The van der Waals surface area contributed by atoms with Crippen LogP contribution in [0.3, 0.4) is 0 Å². The van der Waals surface area contributed by atoms with Crippen molar-refractivity contribution in [2.24, 2.45) is 7.05 Å². The maximum atomic E-state index is 12.5. The minimum Gasteiger partial charge on any atom is -0.488 e. The summed E-state index contributed by atoms with van der Waals surface area (Å²) in [5, 5.41) is 0.607. The monoisotopic (exact) mass is 346 g/mol. The Kier molecular flexibility index (Phi) is 4.62. The first-order valence-corrected chi connectivity index (χ1v) is 8.21. The summed E-state index contributed by atoms with van der Waals surface area (Å²) >= 11 is 5.85. The number of hydrogen-bond acceptors (Lipinski definition) is 3. The van der Waals surface area contributed by atoms with Gasteiger partial charge in [-0.15, -0.1) is 0 Å². The average Bonchev–Trinajstić information content (AvgIpc) is 3.01. The number of likely N-dealkylation sites (tertiary alicyclic amines) is 1. The molecule has 1 aliphatic heterocycles. The molecule has 0 aliphatic carbocycles. The standard InChI is InChI=1S/C18H19ClN2O3/c1-12-9-16(10-17(22)20(12)2)24-15-7-8-21(11-15)18(23)13-3-5-14(19)6-4-13/h3-6,9-10,15H,7-8,11H2,1-2H3. The zero-order valence-electron chi connectivity index (χ0n) is 13.7. The van der Waals surface area contributed by atoms with Gasteiger partial charge in [-0.3, -0.25) is 9.59 Å². The van der Waals surface area contributed by atoms with E-state index in [0.717, 1.165) is 12.1 Å². The minimum absolute atomic E-state index is 0.0297. The van der Waals surface area contributed by atoms with E-state index in [0.29, 0.717) is 29.4 Å². The van der Waals surface area contributed by atoms with Crippen LogP contribution < -0.4 is 10.3 Å². The fourth-order valence-electron chi connectivity index (χ4n) is 2.78. The van der Waals surface area contributed by atoms with Crippen molar-refractivity contribution in [3.05, 3.63) is 63.0 Å². The lowest BCUT2D eigenvalue weighted by Gasteiger charge is -2.18. The number of carbonyl (C=O) groups is 1. The van der Waals surface area contributed by atoms with Gasteiger partial charge < -0.3 is 14.2 Å². The summed E-state index contributed by atoms with van der Waals surface area (Å²) < 4.78 is 7.47. The van der Waals surface area contributed by atoms with Gasteiger partial charge in [0.05, 0.1) is 6.54 Å². The maximum absolute atomic E-state index is 12.5. The second-order valence-corrected chi connectivity index (χ2v) is 6.45. The fourth-order valence-corrected chi connectivity index (χ4v) is 2.91. The lowest BCUT2D eigenvalue weighted by atomic mass is 10.2. The van der Waals surface area contributed by atoms with E-state index < -0.39 is 0 Å². The molecule has 1 aliphatic rings. The molecule has 3 rings (SSSR count). The van der Waals surface area contributed by atoms with Crippen LogP contribution in [0.25, 0.3) is 0 Å². The summed E-state index contributed by atoms with van der Waals surface area (Å²) in [4.78, 5) is 26.1. The number of benzene rings is 1. The Morgan fingerprint density at radius 2 is 1.96 bits per heavy atom. The lowest BCUT2D eigenvalue weighted by molar-refractivity contribution is 0.0772. The van der Waals surface area contributed by atoms with Crippen LogP contribution in [0.4, 0.5) is 0 Å². The molecule has 0 saturated carbocycles. The number of carbonyl (C=O) groups excluding carboxylic acids is 1. The summed E-state index contributed by atoms with van der Waals surface area (Å²) in [5.74, 6) is 0.527. The molecular formula is C18H19ClN2O3. The number of amides is 1. The lowest BCUT2D eigenvalue weighted by Crippen LogP contribution is -2.31. The number of aromatic nitrogens is 1. The zero-order valence-corrected chi connectivity index (χ0v) is 14.4. The van der Waals surface area contributed by atoms with Crippen LogP contribution in [0.1, 0.15) is 22.5 Å². The normalized spacial score (nSPS) is 17.1. The molecule has 1 amide bonds. The van der Waals surface area contributed by atoms with Gasteiger partial charge in [-0.1, -0.05) is 11.6 Å². The van der Waals surface area contributed by atoms with Gasteiger partial charge in [0.2, 0.25) is 0 Å². The Labute approximate surface area is 145 Å². The van der Waals surface area contributed by atoms with Crippen molar-refractivity contribution in [2.75, 3.05) is 13.1 Å². The Hall–Kier alpha value is -2.27. The summed E-state index contributed by atoms with van der Waals surface area (Å²) in [5.41, 5.74) is 1.35. The maximum Gasteiger partial charge on any atom is 0.254 e. The first-order valence-electron chi connectivity index (χ1n) is 7.83. The summed E-state index contributed by atoms with van der Waals surface area (Å²) in [7, 11) is 1.73. The van der Waals surface area contributed by atoms with Gasteiger partial charge in [0, 0.05) is 42.4 Å². The molecule has 1 saturated heterocycles. The van der Waals surface area contributed by atoms with Crippen molar-refractivity contribution in [1.29, 1.82) is 0 Å². The highest BCUT2D eigenvalue weighted by Gasteiger charge is 2.28. The highest BCUT2D eigenvalue weighted by atomic mass is 35.5. The molecule has 1 fully saturated rings. The molecule has 0 bridgehead atoms. The Morgan fingerprint density at radius 3 is 2.62 bits per heavy atom. The molecule has 0 spiro atoms. The van der Waals surface area contributed by atoms with Crippen molar-refractivity contribution >= 4 is 17.5 Å². The van der Waals surface area contributed by atoms with Crippen molar-refractivity contribution in [3.63, 3.8) is 0 Å². The van der Waals surface area contributed by atoms with Crippen LogP contribution in [0.15, 0.2) is 41.2 Å². The number of rotatable bonds is 3. The van der Waals surface area contributed by atoms with Crippen molar-refractivity contribution in [1.82, 2.24) is 9.47 Å². The summed E-state index contributed by atoms with van der Waals surface area (Å²) in [6.45, 7) is 3.00. The van der Waals surface area contributed by atoms with Gasteiger partial charge in [0.1, 0.15) is 11.9 Å². The van der Waals surface area contributed by atoms with Crippen LogP contribution in [-0.4, -0.2) is 34.6 Å². The molecule has 1 aromatic carbocycles. The number of pyridine rings is 1. The molecule has 1 aromatic heterocycles. The number of halogens is 1. The molecule has 0 radical (unpaired) electrons. The number of hydrogen-bond donors (Lipinski definition) is 0. The van der Waals surface area contributed by atoms with Crippen LogP contribution >= 0.6 is 11.6 Å². The Morgan fingerprint density at radius 1 is 1.25 bits per heavy atom. The Bertz CT molecular complexity index is 814. The fraction of sp³-hybridized carbons (Fsp3) is 0.333. The van der Waals surface area contributed by atoms with Gasteiger partial charge >= 0.3 is 0 Å². The minimum atomic E-state index is -0.104. The molecular weight excluding hydrogens is 328 g/mol. The van der Waals surface area contributed by atoms with Crippen molar-refractivity contribution in [3.8, 4) is 5.75 Å². The quantitative estimate of drug-likeness (QED) is 0.858. The van der Waals surface area contributed by atoms with E-state index >= 15 is 0 Å². The van der Waals surface area contributed by atoms with E-state index in [4.69, 9.17) is 16.3 Å². The highest BCUT2D eigenvalue weighted by molar-refractivity contribution is 6.30. The average molecular weight is 347 g/mol. The molecule has 1 unspecified atom stereocenters. The third kappa shape index (κ3) is 3.46. The topological polar surface area (TPSA) is 51.5 Å². The van der Waals surface area contributed by atoms with Crippen LogP contribution in [-0.2, 0) is 7.05 Å². The van der Waals surface area contributed by atoms with E-state index in [1.165, 1.54) is 6.07 Å².